The fourth-order valence-corrected chi connectivity index (χ4v) is 1.71. The maximum Gasteiger partial charge on any atom is 0.0703 e. The molecule has 0 amide bonds. The van der Waals surface area contributed by atoms with E-state index in [0.717, 1.165) is 16.7 Å². The van der Waals surface area contributed by atoms with Crippen LogP contribution in [0.4, 0.5) is 5.69 Å². The largest absolute Gasteiger partial charge is 0.383 e. The third-order valence-corrected chi connectivity index (χ3v) is 2.57. The number of benzene rings is 1. The minimum Gasteiger partial charge on any atom is -0.383 e. The fraction of sp³-hybridized carbons (Fsp3) is 0.538. The predicted molar refractivity (Wildman–Crippen MR) is 74.5 cm³/mol. The van der Waals surface area contributed by atoms with Crippen molar-refractivity contribution in [1.82, 2.24) is 0 Å². The van der Waals surface area contributed by atoms with E-state index in [4.69, 9.17) is 9.47 Å². The zero-order chi connectivity index (χ0) is 12.5. The van der Waals surface area contributed by atoms with Gasteiger partial charge in [0.05, 0.1) is 25.9 Å². The number of ether oxygens (including phenoxy) is 2. The molecule has 96 valence electrons. The van der Waals surface area contributed by atoms with Crippen molar-refractivity contribution < 1.29 is 9.47 Å². The summed E-state index contributed by atoms with van der Waals surface area (Å²) in [4.78, 5) is 0. The van der Waals surface area contributed by atoms with Crippen LogP contribution in [0, 0.1) is 0 Å². The number of hydrogen-bond donors (Lipinski definition) is 1. The number of hydrogen-bond acceptors (Lipinski definition) is 3. The summed E-state index contributed by atoms with van der Waals surface area (Å²) in [5.74, 6) is 0. The summed E-state index contributed by atoms with van der Waals surface area (Å²) >= 11 is 3.43. The summed E-state index contributed by atoms with van der Waals surface area (Å²) in [7, 11) is 0. The Balaban J connectivity index is 2.01. The van der Waals surface area contributed by atoms with Crippen LogP contribution in [0.15, 0.2) is 28.7 Å². The summed E-state index contributed by atoms with van der Waals surface area (Å²) in [6, 6.07) is 8.09. The van der Waals surface area contributed by atoms with Crippen molar-refractivity contribution in [2.45, 2.75) is 20.0 Å². The topological polar surface area (TPSA) is 30.5 Å². The Bertz CT molecular complexity index is 318. The monoisotopic (exact) mass is 301 g/mol. The first-order valence-electron chi connectivity index (χ1n) is 5.87. The van der Waals surface area contributed by atoms with E-state index in [1.165, 1.54) is 0 Å². The van der Waals surface area contributed by atoms with E-state index < -0.39 is 0 Å². The summed E-state index contributed by atoms with van der Waals surface area (Å²) in [6.45, 7) is 6.85. The highest BCUT2D eigenvalue weighted by molar-refractivity contribution is 9.10. The zero-order valence-corrected chi connectivity index (χ0v) is 12.0. The van der Waals surface area contributed by atoms with E-state index >= 15 is 0 Å². The van der Waals surface area contributed by atoms with Crippen molar-refractivity contribution in [3.8, 4) is 0 Å². The van der Waals surface area contributed by atoms with Crippen LogP contribution in [0.3, 0.4) is 0 Å². The maximum absolute atomic E-state index is 5.44. The van der Waals surface area contributed by atoms with Crippen molar-refractivity contribution in [3.05, 3.63) is 28.7 Å². The zero-order valence-electron chi connectivity index (χ0n) is 10.4. The van der Waals surface area contributed by atoms with Gasteiger partial charge in [0.25, 0.3) is 0 Å². The van der Waals surface area contributed by atoms with E-state index in [9.17, 15) is 0 Å². The van der Waals surface area contributed by atoms with Crippen LogP contribution in [-0.4, -0.2) is 32.5 Å². The van der Waals surface area contributed by atoms with Crippen molar-refractivity contribution in [2.24, 2.45) is 0 Å². The van der Waals surface area contributed by atoms with E-state index in [0.29, 0.717) is 19.8 Å². The highest BCUT2D eigenvalue weighted by Gasteiger charge is 1.94. The summed E-state index contributed by atoms with van der Waals surface area (Å²) in [5, 5.41) is 3.29. The van der Waals surface area contributed by atoms with Crippen LogP contribution in [-0.2, 0) is 9.47 Å². The lowest BCUT2D eigenvalue weighted by atomic mass is 10.3. The number of rotatable bonds is 8. The van der Waals surface area contributed by atoms with Gasteiger partial charge in [0.1, 0.15) is 0 Å². The van der Waals surface area contributed by atoms with Gasteiger partial charge >= 0.3 is 0 Å². The van der Waals surface area contributed by atoms with Crippen LogP contribution in [0.5, 0.6) is 0 Å². The molecule has 4 heteroatoms. The molecule has 1 aromatic rings. The third-order valence-electron chi connectivity index (χ3n) is 2.08. The first kappa shape index (κ1) is 14.5. The molecule has 1 rings (SSSR count). The summed E-state index contributed by atoms with van der Waals surface area (Å²) in [6.07, 6.45) is 0.276. The first-order valence-corrected chi connectivity index (χ1v) is 6.66. The van der Waals surface area contributed by atoms with Gasteiger partial charge in [-0.3, -0.25) is 0 Å². The van der Waals surface area contributed by atoms with Crippen molar-refractivity contribution in [1.29, 1.82) is 0 Å². The van der Waals surface area contributed by atoms with Crippen LogP contribution in [0.2, 0.25) is 0 Å². The van der Waals surface area contributed by atoms with Gasteiger partial charge in [-0.25, -0.2) is 0 Å². The fourth-order valence-electron chi connectivity index (χ4n) is 1.31. The van der Waals surface area contributed by atoms with Gasteiger partial charge in [0.15, 0.2) is 0 Å². The van der Waals surface area contributed by atoms with Gasteiger partial charge in [-0.2, -0.15) is 0 Å². The molecule has 3 nitrogen and oxygen atoms in total. The molecular formula is C13H20BrNO2. The van der Waals surface area contributed by atoms with Gasteiger partial charge in [0.2, 0.25) is 0 Å². The lowest BCUT2D eigenvalue weighted by Crippen LogP contribution is -2.14. The standard InChI is InChI=1S/C13H20BrNO2/c1-11(2)17-9-8-16-7-6-15-13-5-3-4-12(14)10-13/h3-5,10-11,15H,6-9H2,1-2H3. The summed E-state index contributed by atoms with van der Waals surface area (Å²) < 4.78 is 11.9. The minimum atomic E-state index is 0.276. The Morgan fingerprint density at radius 1 is 1.24 bits per heavy atom. The van der Waals surface area contributed by atoms with Gasteiger partial charge in [0, 0.05) is 16.7 Å². The molecule has 0 fully saturated rings. The number of anilines is 1. The second-order valence-electron chi connectivity index (χ2n) is 3.97. The molecule has 0 unspecified atom stereocenters. The highest BCUT2D eigenvalue weighted by Crippen LogP contribution is 2.15. The lowest BCUT2D eigenvalue weighted by molar-refractivity contribution is 0.0222. The van der Waals surface area contributed by atoms with Crippen LogP contribution in [0.25, 0.3) is 0 Å². The average Bonchev–Trinajstić information content (AvgIpc) is 2.27. The van der Waals surface area contributed by atoms with Crippen molar-refractivity contribution in [2.75, 3.05) is 31.7 Å². The first-order chi connectivity index (χ1) is 8.18. The normalized spacial score (nSPS) is 10.8. The van der Waals surface area contributed by atoms with Crippen LogP contribution >= 0.6 is 15.9 Å². The Labute approximate surface area is 112 Å². The SMILES string of the molecule is CC(C)OCCOCCNc1cccc(Br)c1. The Morgan fingerprint density at radius 3 is 2.76 bits per heavy atom. The quantitative estimate of drug-likeness (QED) is 0.747. The van der Waals surface area contributed by atoms with Gasteiger partial charge in [-0.15, -0.1) is 0 Å². The molecule has 0 aliphatic carbocycles. The van der Waals surface area contributed by atoms with Crippen LogP contribution < -0.4 is 5.32 Å². The molecule has 1 aromatic carbocycles. The molecular weight excluding hydrogens is 282 g/mol. The number of halogens is 1. The van der Waals surface area contributed by atoms with Crippen LogP contribution in [0.1, 0.15) is 13.8 Å². The predicted octanol–water partition coefficient (Wildman–Crippen LogP) is 3.30. The van der Waals surface area contributed by atoms with E-state index in [1.54, 1.807) is 0 Å². The molecule has 0 aromatic heterocycles. The highest BCUT2D eigenvalue weighted by atomic mass is 79.9. The second-order valence-corrected chi connectivity index (χ2v) is 4.88. The second kappa shape index (κ2) is 8.50. The molecule has 0 atom stereocenters. The van der Waals surface area contributed by atoms with E-state index in [2.05, 4.69) is 21.2 Å². The van der Waals surface area contributed by atoms with Gasteiger partial charge in [-0.05, 0) is 32.0 Å². The molecule has 0 heterocycles. The average molecular weight is 302 g/mol. The van der Waals surface area contributed by atoms with Crippen molar-refractivity contribution >= 4 is 21.6 Å². The third kappa shape index (κ3) is 7.36. The van der Waals surface area contributed by atoms with E-state index in [-0.39, 0.29) is 6.10 Å². The molecule has 0 spiro atoms. The molecule has 1 N–H and O–H groups in total. The molecule has 0 aliphatic rings. The van der Waals surface area contributed by atoms with Gasteiger partial charge < -0.3 is 14.8 Å². The Kier molecular flexibility index (Phi) is 7.24. The molecule has 0 radical (unpaired) electrons. The Hall–Kier alpha value is -0.580. The smallest absolute Gasteiger partial charge is 0.0703 e. The summed E-state index contributed by atoms with van der Waals surface area (Å²) in [5.41, 5.74) is 1.10. The molecule has 0 saturated heterocycles. The van der Waals surface area contributed by atoms with E-state index in [1.807, 2.05) is 38.1 Å². The molecule has 0 bridgehead atoms. The molecule has 17 heavy (non-hydrogen) atoms. The maximum atomic E-state index is 5.44. The molecule has 0 saturated carbocycles. The Morgan fingerprint density at radius 2 is 2.06 bits per heavy atom. The lowest BCUT2D eigenvalue weighted by Gasteiger charge is -2.09. The minimum absolute atomic E-state index is 0.276. The van der Waals surface area contributed by atoms with Crippen molar-refractivity contribution in [3.63, 3.8) is 0 Å². The number of nitrogens with one attached hydrogen (secondary N) is 1. The van der Waals surface area contributed by atoms with Gasteiger partial charge in [-0.1, -0.05) is 22.0 Å². The molecule has 0 aliphatic heterocycles.